The van der Waals surface area contributed by atoms with Gasteiger partial charge in [0.1, 0.15) is 11.2 Å². The lowest BCUT2D eigenvalue weighted by atomic mass is 10.0. The molecule has 4 nitrogen and oxygen atoms in total. The van der Waals surface area contributed by atoms with Crippen molar-refractivity contribution < 1.29 is 4.42 Å². The van der Waals surface area contributed by atoms with Gasteiger partial charge in [0.05, 0.1) is 11.2 Å². The van der Waals surface area contributed by atoms with Crippen LogP contribution in [0.3, 0.4) is 0 Å². The van der Waals surface area contributed by atoms with Gasteiger partial charge in [0.15, 0.2) is 0 Å². The van der Waals surface area contributed by atoms with Crippen LogP contribution in [0.2, 0.25) is 0 Å². The zero-order chi connectivity index (χ0) is 34.4. The zero-order valence-electron chi connectivity index (χ0n) is 28.1. The highest BCUT2D eigenvalue weighted by molar-refractivity contribution is 6.15. The van der Waals surface area contributed by atoms with Gasteiger partial charge in [-0.1, -0.05) is 133 Å². The maximum atomic E-state index is 6.46. The predicted octanol–water partition coefficient (Wildman–Crippen LogP) is 13.2. The number of furan rings is 1. The Hall–Kier alpha value is -7.04. The Labute approximate surface area is 300 Å². The fourth-order valence-electron chi connectivity index (χ4n) is 7.28. The van der Waals surface area contributed by atoms with Crippen molar-refractivity contribution in [2.75, 3.05) is 4.90 Å². The number of para-hydroxylation sites is 1. The second kappa shape index (κ2) is 12.4. The Morgan fingerprint density at radius 3 is 1.62 bits per heavy atom. The second-order valence-corrected chi connectivity index (χ2v) is 13.0. The number of hydrogen-bond acceptors (Lipinski definition) is 4. The largest absolute Gasteiger partial charge is 0.455 e. The molecular formula is C48H31N3O. The minimum Gasteiger partial charge on any atom is -0.455 e. The quantitative estimate of drug-likeness (QED) is 0.177. The summed E-state index contributed by atoms with van der Waals surface area (Å²) in [6.07, 6.45) is 0. The fraction of sp³-hybridized carbons (Fsp3) is 0. The topological polar surface area (TPSA) is 42.2 Å². The molecule has 0 aliphatic carbocycles. The van der Waals surface area contributed by atoms with Crippen LogP contribution in [-0.4, -0.2) is 9.97 Å². The van der Waals surface area contributed by atoms with E-state index in [0.717, 1.165) is 77.4 Å². The van der Waals surface area contributed by atoms with Gasteiger partial charge in [-0.3, -0.25) is 4.90 Å². The molecule has 244 valence electrons. The van der Waals surface area contributed by atoms with Crippen LogP contribution in [0.25, 0.3) is 77.1 Å². The lowest BCUT2D eigenvalue weighted by molar-refractivity contribution is 0.672. The normalized spacial score (nSPS) is 11.5. The minimum atomic E-state index is 0.594. The Morgan fingerprint density at radius 2 is 0.942 bits per heavy atom. The lowest BCUT2D eigenvalue weighted by Gasteiger charge is -2.25. The molecule has 0 spiro atoms. The Bertz CT molecular complexity index is 2800. The van der Waals surface area contributed by atoms with E-state index >= 15 is 0 Å². The molecule has 0 N–H and O–H groups in total. The van der Waals surface area contributed by atoms with Crippen LogP contribution in [0.15, 0.2) is 192 Å². The molecule has 2 heterocycles. The summed E-state index contributed by atoms with van der Waals surface area (Å²) in [6.45, 7) is 0. The molecule has 0 saturated heterocycles. The summed E-state index contributed by atoms with van der Waals surface area (Å²) >= 11 is 0. The average molecular weight is 666 g/mol. The van der Waals surface area contributed by atoms with Crippen molar-refractivity contribution in [2.45, 2.75) is 0 Å². The van der Waals surface area contributed by atoms with Crippen molar-refractivity contribution >= 4 is 60.9 Å². The minimum absolute atomic E-state index is 0.594. The third-order valence-corrected chi connectivity index (χ3v) is 9.89. The van der Waals surface area contributed by atoms with Crippen LogP contribution in [0.5, 0.6) is 0 Å². The van der Waals surface area contributed by atoms with Gasteiger partial charge in [0.2, 0.25) is 5.95 Å². The molecule has 0 unspecified atom stereocenters. The molecule has 0 radical (unpaired) electrons. The number of nitrogens with zero attached hydrogens (tertiary/aromatic N) is 3. The van der Waals surface area contributed by atoms with Crippen LogP contribution in [0.1, 0.15) is 0 Å². The van der Waals surface area contributed by atoms with Crippen LogP contribution in [0.4, 0.5) is 17.3 Å². The van der Waals surface area contributed by atoms with E-state index in [1.165, 1.54) is 11.1 Å². The van der Waals surface area contributed by atoms with E-state index in [1.54, 1.807) is 0 Å². The maximum Gasteiger partial charge on any atom is 0.235 e. The Kier molecular flexibility index (Phi) is 7.10. The van der Waals surface area contributed by atoms with E-state index in [-0.39, 0.29) is 0 Å². The molecule has 0 atom stereocenters. The van der Waals surface area contributed by atoms with E-state index in [1.807, 2.05) is 18.2 Å². The fourth-order valence-corrected chi connectivity index (χ4v) is 7.28. The van der Waals surface area contributed by atoms with E-state index in [0.29, 0.717) is 5.95 Å². The Balaban J connectivity index is 1.15. The third-order valence-electron chi connectivity index (χ3n) is 9.89. The number of aromatic nitrogens is 2. The van der Waals surface area contributed by atoms with Crippen LogP contribution in [0, 0.1) is 0 Å². The maximum absolute atomic E-state index is 6.46. The molecule has 0 saturated carbocycles. The van der Waals surface area contributed by atoms with Gasteiger partial charge >= 0.3 is 0 Å². The summed E-state index contributed by atoms with van der Waals surface area (Å²) in [4.78, 5) is 12.7. The first-order valence-electron chi connectivity index (χ1n) is 17.5. The number of benzene rings is 8. The monoisotopic (exact) mass is 665 g/mol. The predicted molar refractivity (Wildman–Crippen MR) is 215 cm³/mol. The van der Waals surface area contributed by atoms with Crippen molar-refractivity contribution in [3.05, 3.63) is 188 Å². The van der Waals surface area contributed by atoms with Gasteiger partial charge in [-0.25, -0.2) is 9.97 Å². The molecule has 0 aliphatic rings. The van der Waals surface area contributed by atoms with Crippen LogP contribution < -0.4 is 4.90 Å². The molecule has 2 aromatic heterocycles. The van der Waals surface area contributed by atoms with E-state index in [9.17, 15) is 0 Å². The molecule has 0 amide bonds. The van der Waals surface area contributed by atoms with Gasteiger partial charge < -0.3 is 4.42 Å². The average Bonchev–Trinajstić information content (AvgIpc) is 3.60. The van der Waals surface area contributed by atoms with E-state index in [2.05, 4.69) is 175 Å². The van der Waals surface area contributed by atoms with Crippen molar-refractivity contribution in [3.63, 3.8) is 0 Å². The van der Waals surface area contributed by atoms with Gasteiger partial charge in [0.25, 0.3) is 0 Å². The number of fused-ring (bicyclic) bond motifs is 6. The third kappa shape index (κ3) is 5.17. The molecule has 4 heteroatoms. The summed E-state index contributed by atoms with van der Waals surface area (Å²) in [7, 11) is 0. The number of hydrogen-bond donors (Lipinski definition) is 0. The van der Waals surface area contributed by atoms with E-state index in [4.69, 9.17) is 14.4 Å². The first-order chi connectivity index (χ1) is 25.8. The first kappa shape index (κ1) is 29.8. The molecule has 8 aromatic carbocycles. The van der Waals surface area contributed by atoms with Crippen LogP contribution >= 0.6 is 0 Å². The van der Waals surface area contributed by atoms with Gasteiger partial charge in [-0.05, 0) is 82.2 Å². The van der Waals surface area contributed by atoms with Crippen molar-refractivity contribution in [3.8, 4) is 33.5 Å². The summed E-state index contributed by atoms with van der Waals surface area (Å²) in [6, 6.07) is 65.5. The molecule has 52 heavy (non-hydrogen) atoms. The number of anilines is 3. The summed E-state index contributed by atoms with van der Waals surface area (Å²) in [5.74, 6) is 0.594. The van der Waals surface area contributed by atoms with Gasteiger partial charge in [-0.2, -0.15) is 0 Å². The molecule has 0 aliphatic heterocycles. The van der Waals surface area contributed by atoms with Crippen molar-refractivity contribution in [2.24, 2.45) is 0 Å². The lowest BCUT2D eigenvalue weighted by Crippen LogP contribution is -2.14. The molecule has 10 rings (SSSR count). The summed E-state index contributed by atoms with van der Waals surface area (Å²) in [5.41, 5.74) is 11.1. The zero-order valence-corrected chi connectivity index (χ0v) is 28.1. The van der Waals surface area contributed by atoms with Crippen molar-refractivity contribution in [1.82, 2.24) is 9.97 Å². The Morgan fingerprint density at radius 1 is 0.385 bits per heavy atom. The van der Waals surface area contributed by atoms with Gasteiger partial charge in [0, 0.05) is 38.5 Å². The van der Waals surface area contributed by atoms with Crippen LogP contribution in [-0.2, 0) is 0 Å². The molecular weight excluding hydrogens is 635 g/mol. The SMILES string of the molecule is c1ccc(-c2ccc(N(c3ccc(-c4ccccc4)cc3)c3nc(-c4ccc5oc6c7ccccc7ccc6c5c4)c4ccccc4n3)cc2)cc1. The van der Waals surface area contributed by atoms with Gasteiger partial charge in [-0.15, -0.1) is 0 Å². The standard InChI is InChI=1S/C48H31N3O/c1-3-11-32(12-4-1)34-19-25-38(26-20-34)51(39-27-21-35(22-28-39)33-13-5-2-6-14-33)48-49-44-18-10-9-17-42(44)46(50-48)37-24-30-45-43(31-37)41-29-23-36-15-7-8-16-40(36)47(41)52-45/h1-31H. The van der Waals surface area contributed by atoms with E-state index < -0.39 is 0 Å². The molecule has 10 aromatic rings. The number of rotatable bonds is 6. The summed E-state index contributed by atoms with van der Waals surface area (Å²) < 4.78 is 6.46. The molecule has 0 fully saturated rings. The first-order valence-corrected chi connectivity index (χ1v) is 17.5. The highest BCUT2D eigenvalue weighted by atomic mass is 16.3. The highest BCUT2D eigenvalue weighted by Gasteiger charge is 2.20. The smallest absolute Gasteiger partial charge is 0.235 e. The summed E-state index contributed by atoms with van der Waals surface area (Å²) in [5, 5.41) is 5.41. The highest BCUT2D eigenvalue weighted by Crippen LogP contribution is 2.40. The molecule has 0 bridgehead atoms. The second-order valence-electron chi connectivity index (χ2n) is 13.0. The van der Waals surface area contributed by atoms with Crippen molar-refractivity contribution in [1.29, 1.82) is 0 Å².